The molecule has 1 aromatic carbocycles. The number of hydrogen-bond donors (Lipinski definition) is 1. The molecule has 1 aromatic rings. The number of likely N-dealkylation sites (tertiary alicyclic amines) is 1. The minimum Gasteiger partial charge on any atom is -0.290 e. The highest BCUT2D eigenvalue weighted by Crippen LogP contribution is 2.17. The molecule has 0 aromatic heterocycles. The third-order valence-corrected chi connectivity index (χ3v) is 5.51. The Labute approximate surface area is 126 Å². The van der Waals surface area contributed by atoms with Gasteiger partial charge in [-0.05, 0) is 49.9 Å². The van der Waals surface area contributed by atoms with Gasteiger partial charge in [0.15, 0.2) is 0 Å². The van der Waals surface area contributed by atoms with Crippen molar-refractivity contribution in [3.63, 3.8) is 0 Å². The van der Waals surface area contributed by atoms with Gasteiger partial charge in [-0.3, -0.25) is 4.90 Å². The maximum Gasteiger partial charge on any atom is 0.240 e. The van der Waals surface area contributed by atoms with E-state index < -0.39 is 10.0 Å². The molecule has 0 atom stereocenters. The first-order valence-corrected chi connectivity index (χ1v) is 8.59. The van der Waals surface area contributed by atoms with Crippen molar-refractivity contribution in [3.05, 3.63) is 29.3 Å². The first kappa shape index (κ1) is 16.0. The zero-order valence-electron chi connectivity index (χ0n) is 12.5. The molecule has 1 saturated heterocycles. The minimum atomic E-state index is -3.46. The number of rotatable bonds is 4. The molecule has 0 saturated carbocycles. The summed E-state index contributed by atoms with van der Waals surface area (Å²) in [7, 11) is -3.46. The van der Waals surface area contributed by atoms with Crippen LogP contribution in [-0.4, -0.2) is 39.0 Å². The van der Waals surface area contributed by atoms with Crippen LogP contribution in [0, 0.1) is 25.2 Å². The van der Waals surface area contributed by atoms with Gasteiger partial charge in [-0.15, -0.1) is 0 Å². The third-order valence-electron chi connectivity index (χ3n) is 3.99. The standard InChI is InChI=1S/C15H21N3O2S/c1-12-3-4-15(11-13(12)2)21(19,20)17-14-5-8-18(9-6-14)10-7-16/h3-4,11,14,17H,5-6,8-10H2,1-2H3. The van der Waals surface area contributed by atoms with E-state index in [1.54, 1.807) is 12.1 Å². The van der Waals surface area contributed by atoms with Crippen LogP contribution in [0.1, 0.15) is 24.0 Å². The number of benzene rings is 1. The van der Waals surface area contributed by atoms with Gasteiger partial charge in [0.05, 0.1) is 17.5 Å². The Hall–Kier alpha value is -1.42. The second-order valence-corrected chi connectivity index (χ2v) is 7.29. The highest BCUT2D eigenvalue weighted by molar-refractivity contribution is 7.89. The summed E-state index contributed by atoms with van der Waals surface area (Å²) < 4.78 is 27.6. The van der Waals surface area contributed by atoms with Crippen LogP contribution in [0.3, 0.4) is 0 Å². The van der Waals surface area contributed by atoms with E-state index in [1.165, 1.54) is 0 Å². The van der Waals surface area contributed by atoms with Gasteiger partial charge in [-0.25, -0.2) is 13.1 Å². The minimum absolute atomic E-state index is 0.0495. The molecule has 1 fully saturated rings. The molecule has 6 heteroatoms. The molecule has 0 spiro atoms. The smallest absolute Gasteiger partial charge is 0.240 e. The van der Waals surface area contributed by atoms with Gasteiger partial charge >= 0.3 is 0 Å². The fourth-order valence-electron chi connectivity index (χ4n) is 2.48. The molecule has 2 rings (SSSR count). The van der Waals surface area contributed by atoms with Gasteiger partial charge in [-0.2, -0.15) is 5.26 Å². The van der Waals surface area contributed by atoms with E-state index in [2.05, 4.69) is 10.8 Å². The van der Waals surface area contributed by atoms with Crippen LogP contribution in [0.2, 0.25) is 0 Å². The summed E-state index contributed by atoms with van der Waals surface area (Å²) in [5, 5.41) is 8.66. The molecular weight excluding hydrogens is 286 g/mol. The molecule has 0 bridgehead atoms. The van der Waals surface area contributed by atoms with Crippen LogP contribution in [-0.2, 0) is 10.0 Å². The first-order valence-electron chi connectivity index (χ1n) is 7.11. The highest BCUT2D eigenvalue weighted by Gasteiger charge is 2.24. The lowest BCUT2D eigenvalue weighted by Gasteiger charge is -2.30. The molecule has 1 N–H and O–H groups in total. The topological polar surface area (TPSA) is 73.2 Å². The van der Waals surface area contributed by atoms with E-state index in [0.717, 1.165) is 37.1 Å². The maximum absolute atomic E-state index is 12.4. The molecular formula is C15H21N3O2S. The van der Waals surface area contributed by atoms with Crippen LogP contribution in [0.25, 0.3) is 0 Å². The Morgan fingerprint density at radius 1 is 1.29 bits per heavy atom. The van der Waals surface area contributed by atoms with Crippen molar-refractivity contribution in [2.45, 2.75) is 37.6 Å². The van der Waals surface area contributed by atoms with E-state index in [0.29, 0.717) is 11.4 Å². The van der Waals surface area contributed by atoms with E-state index >= 15 is 0 Å². The van der Waals surface area contributed by atoms with Crippen molar-refractivity contribution in [2.75, 3.05) is 19.6 Å². The largest absolute Gasteiger partial charge is 0.290 e. The van der Waals surface area contributed by atoms with Gasteiger partial charge in [0.2, 0.25) is 10.0 Å². The molecule has 0 radical (unpaired) electrons. The van der Waals surface area contributed by atoms with Crippen molar-refractivity contribution in [3.8, 4) is 6.07 Å². The zero-order valence-corrected chi connectivity index (χ0v) is 13.3. The average molecular weight is 307 g/mol. The zero-order chi connectivity index (χ0) is 15.5. The Kier molecular flexibility index (Phi) is 4.99. The quantitative estimate of drug-likeness (QED) is 0.857. The summed E-state index contributed by atoms with van der Waals surface area (Å²) in [5.74, 6) is 0. The van der Waals surface area contributed by atoms with Crippen LogP contribution in [0.15, 0.2) is 23.1 Å². The summed E-state index contributed by atoms with van der Waals surface area (Å²) in [6.07, 6.45) is 1.48. The second kappa shape index (κ2) is 6.56. The fraction of sp³-hybridized carbons (Fsp3) is 0.533. The number of aryl methyl sites for hydroxylation is 2. The lowest BCUT2D eigenvalue weighted by Crippen LogP contribution is -2.44. The maximum atomic E-state index is 12.4. The first-order chi connectivity index (χ1) is 9.92. The van der Waals surface area contributed by atoms with Crippen molar-refractivity contribution < 1.29 is 8.42 Å². The Morgan fingerprint density at radius 3 is 2.52 bits per heavy atom. The monoisotopic (exact) mass is 307 g/mol. The molecule has 114 valence electrons. The van der Waals surface area contributed by atoms with Crippen molar-refractivity contribution in [1.82, 2.24) is 9.62 Å². The van der Waals surface area contributed by atoms with Gasteiger partial charge in [0.1, 0.15) is 0 Å². The molecule has 0 aliphatic carbocycles. The summed E-state index contributed by atoms with van der Waals surface area (Å²) >= 11 is 0. The normalized spacial score (nSPS) is 17.6. The van der Waals surface area contributed by atoms with Gasteiger partial charge in [0, 0.05) is 19.1 Å². The summed E-state index contributed by atoms with van der Waals surface area (Å²) in [4.78, 5) is 2.37. The molecule has 5 nitrogen and oxygen atoms in total. The molecule has 1 heterocycles. The molecule has 1 aliphatic heterocycles. The van der Waals surface area contributed by atoms with Gasteiger partial charge in [0.25, 0.3) is 0 Å². The van der Waals surface area contributed by atoms with Crippen molar-refractivity contribution in [1.29, 1.82) is 5.26 Å². The fourth-order valence-corrected chi connectivity index (χ4v) is 3.87. The number of hydrogen-bond acceptors (Lipinski definition) is 4. The predicted octanol–water partition coefficient (Wildman–Crippen LogP) is 1.57. The number of nitriles is 1. The molecule has 0 amide bonds. The summed E-state index contributed by atoms with van der Waals surface area (Å²) in [5.41, 5.74) is 2.06. The SMILES string of the molecule is Cc1ccc(S(=O)(=O)NC2CCN(CC#N)CC2)cc1C. The Balaban J connectivity index is 2.02. The Bertz CT molecular complexity index is 641. The molecule has 1 aliphatic rings. The summed E-state index contributed by atoms with van der Waals surface area (Å²) in [6, 6.07) is 7.27. The number of piperidine rings is 1. The number of nitrogens with zero attached hydrogens (tertiary/aromatic N) is 2. The number of sulfonamides is 1. The van der Waals surface area contributed by atoms with E-state index in [4.69, 9.17) is 5.26 Å². The van der Waals surface area contributed by atoms with E-state index in [9.17, 15) is 8.42 Å². The van der Waals surface area contributed by atoms with Crippen LogP contribution in [0.5, 0.6) is 0 Å². The lowest BCUT2D eigenvalue weighted by molar-refractivity contribution is 0.229. The van der Waals surface area contributed by atoms with Gasteiger partial charge in [-0.1, -0.05) is 6.07 Å². The summed E-state index contributed by atoms with van der Waals surface area (Å²) in [6.45, 7) is 5.80. The van der Waals surface area contributed by atoms with Crippen LogP contribution in [0.4, 0.5) is 0 Å². The molecule has 0 unspecified atom stereocenters. The van der Waals surface area contributed by atoms with Crippen LogP contribution < -0.4 is 4.72 Å². The van der Waals surface area contributed by atoms with E-state index in [-0.39, 0.29) is 6.04 Å². The Morgan fingerprint density at radius 2 is 1.95 bits per heavy atom. The van der Waals surface area contributed by atoms with Gasteiger partial charge < -0.3 is 0 Å². The second-order valence-electron chi connectivity index (χ2n) is 5.58. The average Bonchev–Trinajstić information content (AvgIpc) is 2.44. The predicted molar refractivity (Wildman–Crippen MR) is 81.3 cm³/mol. The molecule has 21 heavy (non-hydrogen) atoms. The lowest BCUT2D eigenvalue weighted by atomic mass is 10.1. The van der Waals surface area contributed by atoms with Crippen molar-refractivity contribution >= 4 is 10.0 Å². The third kappa shape index (κ3) is 4.03. The number of nitrogens with one attached hydrogen (secondary N) is 1. The highest BCUT2D eigenvalue weighted by atomic mass is 32.2. The van der Waals surface area contributed by atoms with E-state index in [1.807, 2.05) is 24.8 Å². The van der Waals surface area contributed by atoms with Crippen molar-refractivity contribution in [2.24, 2.45) is 0 Å². The van der Waals surface area contributed by atoms with Crippen LogP contribution >= 0.6 is 0 Å².